The van der Waals surface area contributed by atoms with Crippen LogP contribution in [0.15, 0.2) is 5.11 Å². The standard InChI is InChI=1S/C10H18N4O2/c1-2-8-3-4-10(7-8,9(15)16)12-5-6-13-14-11/h8,12H,2-7H2,1H3,(H,15,16). The van der Waals surface area contributed by atoms with E-state index in [0.29, 0.717) is 31.8 Å². The molecular weight excluding hydrogens is 208 g/mol. The Hall–Kier alpha value is -1.26. The third-order valence-corrected chi connectivity index (χ3v) is 3.34. The predicted molar refractivity (Wildman–Crippen MR) is 60.0 cm³/mol. The van der Waals surface area contributed by atoms with Crippen LogP contribution in [0.25, 0.3) is 10.4 Å². The molecule has 0 radical (unpaired) electrons. The minimum absolute atomic E-state index is 0.294. The van der Waals surface area contributed by atoms with Gasteiger partial charge < -0.3 is 10.4 Å². The summed E-state index contributed by atoms with van der Waals surface area (Å²) in [6.07, 6.45) is 3.32. The van der Waals surface area contributed by atoms with Crippen LogP contribution in [0.3, 0.4) is 0 Å². The fourth-order valence-electron chi connectivity index (χ4n) is 2.32. The van der Waals surface area contributed by atoms with Gasteiger partial charge in [-0.15, -0.1) is 0 Å². The van der Waals surface area contributed by atoms with Crippen LogP contribution >= 0.6 is 0 Å². The number of hydrogen-bond acceptors (Lipinski definition) is 3. The Balaban J connectivity index is 2.54. The highest BCUT2D eigenvalue weighted by Crippen LogP contribution is 2.36. The van der Waals surface area contributed by atoms with E-state index in [4.69, 9.17) is 5.53 Å². The molecule has 2 unspecified atom stereocenters. The van der Waals surface area contributed by atoms with Gasteiger partial charge in [-0.05, 0) is 30.7 Å². The van der Waals surface area contributed by atoms with Crippen LogP contribution in [0.2, 0.25) is 0 Å². The smallest absolute Gasteiger partial charge is 0.323 e. The van der Waals surface area contributed by atoms with Gasteiger partial charge in [-0.3, -0.25) is 4.79 Å². The third-order valence-electron chi connectivity index (χ3n) is 3.34. The fourth-order valence-corrected chi connectivity index (χ4v) is 2.32. The average molecular weight is 226 g/mol. The van der Waals surface area contributed by atoms with Gasteiger partial charge in [0.05, 0.1) is 0 Å². The van der Waals surface area contributed by atoms with E-state index in [1.807, 2.05) is 0 Å². The van der Waals surface area contributed by atoms with Gasteiger partial charge in [0.25, 0.3) is 0 Å². The van der Waals surface area contributed by atoms with Crippen molar-refractivity contribution < 1.29 is 9.90 Å². The van der Waals surface area contributed by atoms with Gasteiger partial charge in [0.2, 0.25) is 0 Å². The van der Waals surface area contributed by atoms with Crippen LogP contribution in [0.4, 0.5) is 0 Å². The normalized spacial score (nSPS) is 28.7. The highest BCUT2D eigenvalue weighted by Gasteiger charge is 2.44. The number of nitrogens with zero attached hydrogens (tertiary/aromatic N) is 3. The monoisotopic (exact) mass is 226 g/mol. The number of carboxylic acid groups (broad SMARTS) is 1. The molecule has 0 heterocycles. The first-order valence-corrected chi connectivity index (χ1v) is 5.64. The maximum atomic E-state index is 11.3. The van der Waals surface area contributed by atoms with Gasteiger partial charge in [0, 0.05) is 18.0 Å². The van der Waals surface area contributed by atoms with Crippen molar-refractivity contribution in [3.8, 4) is 0 Å². The zero-order valence-electron chi connectivity index (χ0n) is 9.52. The third kappa shape index (κ3) is 2.87. The fraction of sp³-hybridized carbons (Fsp3) is 0.900. The number of rotatable bonds is 6. The molecule has 1 saturated carbocycles. The Kier molecular flexibility index (Phi) is 4.58. The molecule has 90 valence electrons. The molecule has 0 aliphatic heterocycles. The van der Waals surface area contributed by atoms with Gasteiger partial charge >= 0.3 is 5.97 Å². The number of aliphatic carboxylic acids is 1. The number of nitrogens with one attached hydrogen (secondary N) is 1. The molecule has 0 aromatic heterocycles. The molecular formula is C10H18N4O2. The van der Waals surface area contributed by atoms with E-state index in [1.54, 1.807) is 0 Å². The average Bonchev–Trinajstić information content (AvgIpc) is 2.69. The maximum absolute atomic E-state index is 11.3. The van der Waals surface area contributed by atoms with E-state index in [1.165, 1.54) is 0 Å². The van der Waals surface area contributed by atoms with Crippen molar-refractivity contribution in [3.63, 3.8) is 0 Å². The van der Waals surface area contributed by atoms with Crippen molar-refractivity contribution in [3.05, 3.63) is 10.4 Å². The first kappa shape index (κ1) is 12.8. The van der Waals surface area contributed by atoms with Crippen molar-refractivity contribution in [1.29, 1.82) is 0 Å². The molecule has 0 amide bonds. The van der Waals surface area contributed by atoms with Gasteiger partial charge in [-0.2, -0.15) is 0 Å². The summed E-state index contributed by atoms with van der Waals surface area (Å²) in [7, 11) is 0. The largest absolute Gasteiger partial charge is 0.480 e. The summed E-state index contributed by atoms with van der Waals surface area (Å²) in [5, 5.41) is 15.7. The van der Waals surface area contributed by atoms with E-state index in [0.717, 1.165) is 12.8 Å². The van der Waals surface area contributed by atoms with E-state index in [-0.39, 0.29) is 0 Å². The number of carbonyl (C=O) groups is 1. The molecule has 1 aliphatic carbocycles. The zero-order valence-corrected chi connectivity index (χ0v) is 9.52. The molecule has 1 aliphatic rings. The summed E-state index contributed by atoms with van der Waals surface area (Å²) in [4.78, 5) is 13.9. The molecule has 0 spiro atoms. The lowest BCUT2D eigenvalue weighted by atomic mass is 9.95. The van der Waals surface area contributed by atoms with Crippen molar-refractivity contribution in [2.24, 2.45) is 11.0 Å². The molecule has 1 rings (SSSR count). The summed E-state index contributed by atoms with van der Waals surface area (Å²) in [5.74, 6) is -0.299. The van der Waals surface area contributed by atoms with Crippen LogP contribution < -0.4 is 5.32 Å². The molecule has 0 bridgehead atoms. The second-order valence-corrected chi connectivity index (χ2v) is 4.29. The minimum Gasteiger partial charge on any atom is -0.480 e. The Morgan fingerprint density at radius 2 is 2.50 bits per heavy atom. The number of hydrogen-bond donors (Lipinski definition) is 2. The SMILES string of the molecule is CCC1CCC(NCCN=[N+]=[N-])(C(=O)O)C1. The molecule has 0 aromatic carbocycles. The molecule has 0 aromatic rings. The van der Waals surface area contributed by atoms with Crippen molar-refractivity contribution in [2.75, 3.05) is 13.1 Å². The predicted octanol–water partition coefficient (Wildman–Crippen LogP) is 1.92. The van der Waals surface area contributed by atoms with Gasteiger partial charge in [-0.1, -0.05) is 18.5 Å². The quantitative estimate of drug-likeness (QED) is 0.313. The van der Waals surface area contributed by atoms with E-state index < -0.39 is 11.5 Å². The second kappa shape index (κ2) is 5.72. The summed E-state index contributed by atoms with van der Waals surface area (Å²) < 4.78 is 0. The van der Waals surface area contributed by atoms with Gasteiger partial charge in [-0.25, -0.2) is 0 Å². The van der Waals surface area contributed by atoms with Gasteiger partial charge in [0.1, 0.15) is 5.54 Å². The zero-order chi connectivity index (χ0) is 12.0. The topological polar surface area (TPSA) is 98.1 Å². The van der Waals surface area contributed by atoms with Crippen LogP contribution in [-0.4, -0.2) is 29.7 Å². The first-order chi connectivity index (χ1) is 7.64. The highest BCUT2D eigenvalue weighted by molar-refractivity contribution is 5.79. The van der Waals surface area contributed by atoms with Crippen LogP contribution in [0.5, 0.6) is 0 Å². The summed E-state index contributed by atoms with van der Waals surface area (Å²) in [6.45, 7) is 2.80. The molecule has 2 atom stereocenters. The van der Waals surface area contributed by atoms with Crippen molar-refractivity contribution in [2.45, 2.75) is 38.1 Å². The molecule has 16 heavy (non-hydrogen) atoms. The maximum Gasteiger partial charge on any atom is 0.323 e. The highest BCUT2D eigenvalue weighted by atomic mass is 16.4. The molecule has 1 fully saturated rings. The van der Waals surface area contributed by atoms with Crippen LogP contribution in [0, 0.1) is 5.92 Å². The first-order valence-electron chi connectivity index (χ1n) is 5.64. The summed E-state index contributed by atoms with van der Waals surface area (Å²) in [5.41, 5.74) is 7.33. The Bertz CT molecular complexity index is 301. The molecule has 0 saturated heterocycles. The molecule has 2 N–H and O–H groups in total. The number of azide groups is 1. The van der Waals surface area contributed by atoms with E-state index >= 15 is 0 Å². The van der Waals surface area contributed by atoms with Crippen molar-refractivity contribution in [1.82, 2.24) is 5.32 Å². The minimum atomic E-state index is -0.800. The van der Waals surface area contributed by atoms with E-state index in [2.05, 4.69) is 22.3 Å². The Morgan fingerprint density at radius 1 is 1.75 bits per heavy atom. The summed E-state index contributed by atoms with van der Waals surface area (Å²) >= 11 is 0. The lowest BCUT2D eigenvalue weighted by Crippen LogP contribution is -2.51. The molecule has 6 nitrogen and oxygen atoms in total. The lowest BCUT2D eigenvalue weighted by molar-refractivity contribution is -0.144. The lowest BCUT2D eigenvalue weighted by Gasteiger charge is -2.25. The molecule has 6 heteroatoms. The van der Waals surface area contributed by atoms with E-state index in [9.17, 15) is 9.90 Å². The van der Waals surface area contributed by atoms with Crippen LogP contribution in [0.1, 0.15) is 32.6 Å². The number of carboxylic acids is 1. The van der Waals surface area contributed by atoms with Crippen LogP contribution in [-0.2, 0) is 4.79 Å². The van der Waals surface area contributed by atoms with Crippen molar-refractivity contribution >= 4 is 5.97 Å². The van der Waals surface area contributed by atoms with Gasteiger partial charge in [0.15, 0.2) is 0 Å². The second-order valence-electron chi connectivity index (χ2n) is 4.29. The summed E-state index contributed by atoms with van der Waals surface area (Å²) in [6, 6.07) is 0. The Labute approximate surface area is 94.7 Å². The Morgan fingerprint density at radius 3 is 3.00 bits per heavy atom.